The molecule has 0 radical (unpaired) electrons. The molecule has 1 aromatic heterocycles. The molecule has 2 fully saturated rings. The van der Waals surface area contributed by atoms with Crippen molar-refractivity contribution in [3.05, 3.63) is 35.2 Å². The second-order valence-corrected chi connectivity index (χ2v) is 7.00. The normalized spacial score (nSPS) is 27.7. The molecular weight excluding hydrogens is 304 g/mol. The molecule has 2 heterocycles. The van der Waals surface area contributed by atoms with Gasteiger partial charge in [0.1, 0.15) is 0 Å². The minimum Gasteiger partial charge on any atom is -0.338 e. The summed E-state index contributed by atoms with van der Waals surface area (Å²) in [6.45, 7) is 1.73. The lowest BCUT2D eigenvalue weighted by Crippen LogP contribution is -2.33. The molecular formula is C16H19ClN2OS. The fourth-order valence-corrected chi connectivity index (χ4v) is 4.53. The van der Waals surface area contributed by atoms with Crippen molar-refractivity contribution in [2.75, 3.05) is 13.1 Å². The highest BCUT2D eigenvalue weighted by molar-refractivity contribution is 7.17. The fourth-order valence-electron chi connectivity index (χ4n) is 3.76. The van der Waals surface area contributed by atoms with Gasteiger partial charge in [0.05, 0.1) is 0 Å². The maximum absolute atomic E-state index is 12.6. The van der Waals surface area contributed by atoms with Crippen LogP contribution >= 0.6 is 23.7 Å². The van der Waals surface area contributed by atoms with Crippen LogP contribution in [0.3, 0.4) is 0 Å². The Hall–Kier alpha value is -1.10. The third-order valence-corrected chi connectivity index (χ3v) is 5.80. The molecule has 3 unspecified atom stereocenters. The molecule has 21 heavy (non-hydrogen) atoms. The van der Waals surface area contributed by atoms with Gasteiger partial charge in [-0.15, -0.1) is 23.7 Å². The molecule has 1 saturated heterocycles. The van der Waals surface area contributed by atoms with E-state index in [0.29, 0.717) is 11.8 Å². The van der Waals surface area contributed by atoms with Crippen LogP contribution in [-0.4, -0.2) is 29.9 Å². The summed E-state index contributed by atoms with van der Waals surface area (Å²) in [7, 11) is 0. The van der Waals surface area contributed by atoms with Gasteiger partial charge in [-0.25, -0.2) is 0 Å². The summed E-state index contributed by atoms with van der Waals surface area (Å²) >= 11 is 1.71. The first-order chi connectivity index (χ1) is 9.72. The molecule has 2 aliphatic rings. The van der Waals surface area contributed by atoms with Crippen molar-refractivity contribution < 1.29 is 4.79 Å². The Morgan fingerprint density at radius 3 is 2.90 bits per heavy atom. The van der Waals surface area contributed by atoms with Crippen molar-refractivity contribution in [2.45, 2.75) is 18.9 Å². The van der Waals surface area contributed by atoms with Crippen molar-refractivity contribution in [3.8, 4) is 0 Å². The molecule has 1 amide bonds. The SMILES string of the molecule is Cl.NC1CCC2CN(C(=O)c3ccc4sccc4c3)CC12. The zero-order valence-electron chi connectivity index (χ0n) is 11.7. The number of nitrogens with two attached hydrogens (primary N) is 1. The van der Waals surface area contributed by atoms with Gasteiger partial charge in [-0.05, 0) is 59.7 Å². The lowest BCUT2D eigenvalue weighted by Gasteiger charge is -2.18. The topological polar surface area (TPSA) is 46.3 Å². The highest BCUT2D eigenvalue weighted by atomic mass is 35.5. The van der Waals surface area contributed by atoms with E-state index in [9.17, 15) is 4.79 Å². The fraction of sp³-hybridized carbons (Fsp3) is 0.438. The van der Waals surface area contributed by atoms with Crippen LogP contribution in [0.5, 0.6) is 0 Å². The van der Waals surface area contributed by atoms with Crippen LogP contribution in [0.1, 0.15) is 23.2 Å². The average Bonchev–Trinajstić information content (AvgIpc) is 3.14. The van der Waals surface area contributed by atoms with E-state index in [4.69, 9.17) is 5.73 Å². The number of likely N-dealkylation sites (tertiary alicyclic amines) is 1. The van der Waals surface area contributed by atoms with Crippen LogP contribution in [0.4, 0.5) is 0 Å². The van der Waals surface area contributed by atoms with E-state index in [0.717, 1.165) is 30.5 Å². The Balaban J connectivity index is 0.00000132. The number of thiophene rings is 1. The van der Waals surface area contributed by atoms with Gasteiger partial charge in [-0.2, -0.15) is 0 Å². The first kappa shape index (κ1) is 14.8. The number of hydrogen-bond acceptors (Lipinski definition) is 3. The zero-order valence-corrected chi connectivity index (χ0v) is 13.3. The summed E-state index contributed by atoms with van der Waals surface area (Å²) in [6.07, 6.45) is 2.30. The Morgan fingerprint density at radius 1 is 1.24 bits per heavy atom. The molecule has 2 N–H and O–H groups in total. The number of rotatable bonds is 1. The van der Waals surface area contributed by atoms with E-state index in [1.54, 1.807) is 11.3 Å². The van der Waals surface area contributed by atoms with Crippen molar-refractivity contribution in [1.29, 1.82) is 0 Å². The highest BCUT2D eigenvalue weighted by Gasteiger charge is 2.42. The second kappa shape index (κ2) is 5.59. The Kier molecular flexibility index (Phi) is 3.95. The molecule has 0 spiro atoms. The third kappa shape index (κ3) is 2.45. The molecule has 2 aromatic rings. The number of fused-ring (bicyclic) bond motifs is 2. The van der Waals surface area contributed by atoms with Crippen LogP contribution in [0.15, 0.2) is 29.6 Å². The number of carbonyl (C=O) groups is 1. The molecule has 1 aromatic carbocycles. The predicted molar refractivity (Wildman–Crippen MR) is 89.2 cm³/mol. The molecule has 1 aliphatic carbocycles. The first-order valence-electron chi connectivity index (χ1n) is 7.24. The van der Waals surface area contributed by atoms with Crippen LogP contribution < -0.4 is 5.73 Å². The molecule has 0 bridgehead atoms. The lowest BCUT2D eigenvalue weighted by atomic mass is 9.98. The first-order valence-corrected chi connectivity index (χ1v) is 8.12. The molecule has 5 heteroatoms. The Bertz CT molecular complexity index is 671. The number of amides is 1. The number of hydrogen-bond donors (Lipinski definition) is 1. The molecule has 1 saturated carbocycles. The predicted octanol–water partition coefficient (Wildman–Crippen LogP) is 3.13. The zero-order chi connectivity index (χ0) is 13.7. The van der Waals surface area contributed by atoms with Gasteiger partial charge in [0.25, 0.3) is 5.91 Å². The van der Waals surface area contributed by atoms with Gasteiger partial charge >= 0.3 is 0 Å². The molecule has 1 aliphatic heterocycles. The van der Waals surface area contributed by atoms with Gasteiger partial charge in [-0.3, -0.25) is 4.79 Å². The summed E-state index contributed by atoms with van der Waals surface area (Å²) in [4.78, 5) is 14.6. The largest absolute Gasteiger partial charge is 0.338 e. The Morgan fingerprint density at radius 2 is 2.10 bits per heavy atom. The summed E-state index contributed by atoms with van der Waals surface area (Å²) in [5.41, 5.74) is 6.95. The third-order valence-electron chi connectivity index (χ3n) is 4.90. The maximum Gasteiger partial charge on any atom is 0.253 e. The van der Waals surface area contributed by atoms with Crippen molar-refractivity contribution >= 4 is 39.7 Å². The summed E-state index contributed by atoms with van der Waals surface area (Å²) in [5.74, 6) is 1.31. The monoisotopic (exact) mass is 322 g/mol. The van der Waals surface area contributed by atoms with Crippen LogP contribution in [0.2, 0.25) is 0 Å². The minimum absolute atomic E-state index is 0. The molecule has 3 nitrogen and oxygen atoms in total. The van der Waals surface area contributed by atoms with E-state index in [2.05, 4.69) is 17.5 Å². The number of carbonyl (C=O) groups excluding carboxylic acids is 1. The van der Waals surface area contributed by atoms with Gasteiger partial charge in [-0.1, -0.05) is 0 Å². The number of benzene rings is 1. The van der Waals surface area contributed by atoms with Crippen LogP contribution in [0, 0.1) is 11.8 Å². The smallest absolute Gasteiger partial charge is 0.253 e. The van der Waals surface area contributed by atoms with Gasteiger partial charge in [0.2, 0.25) is 0 Å². The average molecular weight is 323 g/mol. The summed E-state index contributed by atoms with van der Waals surface area (Å²) in [5, 5.41) is 3.23. The summed E-state index contributed by atoms with van der Waals surface area (Å²) < 4.78 is 1.24. The number of halogens is 1. The highest BCUT2D eigenvalue weighted by Crippen LogP contribution is 2.37. The maximum atomic E-state index is 12.6. The quantitative estimate of drug-likeness (QED) is 0.876. The number of nitrogens with zero attached hydrogens (tertiary/aromatic N) is 1. The van der Waals surface area contributed by atoms with Gasteiger partial charge in [0, 0.05) is 29.4 Å². The second-order valence-electron chi connectivity index (χ2n) is 6.05. The van der Waals surface area contributed by atoms with E-state index in [1.807, 2.05) is 17.0 Å². The molecule has 112 valence electrons. The molecule has 3 atom stereocenters. The van der Waals surface area contributed by atoms with E-state index in [1.165, 1.54) is 11.1 Å². The van der Waals surface area contributed by atoms with E-state index < -0.39 is 0 Å². The van der Waals surface area contributed by atoms with E-state index >= 15 is 0 Å². The van der Waals surface area contributed by atoms with Crippen molar-refractivity contribution in [1.82, 2.24) is 4.90 Å². The standard InChI is InChI=1S/C16H18N2OS.ClH/c17-14-3-1-12-8-18(9-13(12)14)16(19)11-2-4-15-10(7-11)5-6-20-15;/h2,4-7,12-14H,1,3,8-9,17H2;1H. The molecule has 4 rings (SSSR count). The van der Waals surface area contributed by atoms with Crippen LogP contribution in [0.25, 0.3) is 10.1 Å². The van der Waals surface area contributed by atoms with Crippen molar-refractivity contribution in [3.63, 3.8) is 0 Å². The van der Waals surface area contributed by atoms with Gasteiger partial charge in [0.15, 0.2) is 0 Å². The van der Waals surface area contributed by atoms with Crippen molar-refractivity contribution in [2.24, 2.45) is 17.6 Å². The summed E-state index contributed by atoms with van der Waals surface area (Å²) in [6, 6.07) is 8.38. The Labute approximate surface area is 134 Å². The minimum atomic E-state index is 0. The van der Waals surface area contributed by atoms with Gasteiger partial charge < -0.3 is 10.6 Å². The lowest BCUT2D eigenvalue weighted by molar-refractivity contribution is 0.0780. The van der Waals surface area contributed by atoms with E-state index in [-0.39, 0.29) is 24.4 Å². The van der Waals surface area contributed by atoms with Crippen LogP contribution in [-0.2, 0) is 0 Å².